The maximum Gasteiger partial charge on any atom is 0.325 e. The molecule has 1 aromatic carbocycles. The average Bonchev–Trinajstić information content (AvgIpc) is 2.57. The standard InChI is InChI=1S/C11H16BNOS/c1-3-9-8-5-4-6-10(15-7-13)11(8)12(2)14-9/h4-6,9H,3,7,13H2,1-2H3/t9-/m1/s1. The smallest absolute Gasteiger partial charge is 0.325 e. The number of thioether (sulfide) groups is 1. The summed E-state index contributed by atoms with van der Waals surface area (Å²) in [5, 5.41) is 0. The molecule has 15 heavy (non-hydrogen) atoms. The molecule has 0 spiro atoms. The highest BCUT2D eigenvalue weighted by Crippen LogP contribution is 2.30. The van der Waals surface area contributed by atoms with E-state index in [9.17, 15) is 0 Å². The minimum absolute atomic E-state index is 0.209. The average molecular weight is 221 g/mol. The number of hydrogen-bond donors (Lipinski definition) is 1. The lowest BCUT2D eigenvalue weighted by Crippen LogP contribution is -2.26. The van der Waals surface area contributed by atoms with Gasteiger partial charge in [-0.15, -0.1) is 11.8 Å². The predicted octanol–water partition coefficient (Wildman–Crippen LogP) is 2.00. The van der Waals surface area contributed by atoms with E-state index in [1.165, 1.54) is 15.9 Å². The molecule has 0 bridgehead atoms. The topological polar surface area (TPSA) is 35.2 Å². The molecule has 1 atom stereocenters. The molecule has 0 saturated heterocycles. The van der Waals surface area contributed by atoms with Gasteiger partial charge in [-0.05, 0) is 23.5 Å². The van der Waals surface area contributed by atoms with Crippen molar-refractivity contribution in [1.29, 1.82) is 0 Å². The summed E-state index contributed by atoms with van der Waals surface area (Å²) in [4.78, 5) is 1.28. The second kappa shape index (κ2) is 4.60. The van der Waals surface area contributed by atoms with Gasteiger partial charge in [-0.2, -0.15) is 0 Å². The summed E-state index contributed by atoms with van der Waals surface area (Å²) in [5.74, 6) is 0.625. The third-order valence-corrected chi connectivity index (χ3v) is 3.66. The first-order chi connectivity index (χ1) is 7.27. The van der Waals surface area contributed by atoms with Gasteiger partial charge in [0.1, 0.15) is 0 Å². The lowest BCUT2D eigenvalue weighted by Gasteiger charge is -2.09. The van der Waals surface area contributed by atoms with E-state index in [0.717, 1.165) is 6.42 Å². The Balaban J connectivity index is 2.42. The third-order valence-electron chi connectivity index (χ3n) is 2.83. The minimum atomic E-state index is 0.209. The minimum Gasteiger partial charge on any atom is -0.424 e. The van der Waals surface area contributed by atoms with Crippen LogP contribution in [0.3, 0.4) is 0 Å². The fourth-order valence-corrected chi connectivity index (χ4v) is 2.99. The van der Waals surface area contributed by atoms with Crippen LogP contribution in [0.2, 0.25) is 6.82 Å². The molecule has 2 N–H and O–H groups in total. The molecular weight excluding hydrogens is 205 g/mol. The Hall–Kier alpha value is -0.445. The molecule has 1 aromatic rings. The highest BCUT2D eigenvalue weighted by Gasteiger charge is 2.32. The first kappa shape index (κ1) is 11.1. The Morgan fingerprint density at radius 2 is 2.33 bits per heavy atom. The zero-order valence-corrected chi connectivity index (χ0v) is 10.0. The van der Waals surface area contributed by atoms with Gasteiger partial charge in [-0.25, -0.2) is 0 Å². The van der Waals surface area contributed by atoms with Crippen LogP contribution in [0.1, 0.15) is 25.0 Å². The highest BCUT2D eigenvalue weighted by atomic mass is 32.2. The second-order valence-corrected chi connectivity index (χ2v) is 4.81. The summed E-state index contributed by atoms with van der Waals surface area (Å²) < 4.78 is 5.91. The van der Waals surface area contributed by atoms with Crippen LogP contribution in [0.25, 0.3) is 0 Å². The van der Waals surface area contributed by atoms with Crippen molar-refractivity contribution in [2.75, 3.05) is 5.88 Å². The van der Waals surface area contributed by atoms with Gasteiger partial charge in [0.15, 0.2) is 0 Å². The zero-order valence-electron chi connectivity index (χ0n) is 9.19. The molecule has 4 heteroatoms. The number of rotatable bonds is 3. The first-order valence-electron chi connectivity index (χ1n) is 5.39. The van der Waals surface area contributed by atoms with Crippen molar-refractivity contribution in [2.45, 2.75) is 31.2 Å². The highest BCUT2D eigenvalue weighted by molar-refractivity contribution is 7.99. The van der Waals surface area contributed by atoms with E-state index in [2.05, 4.69) is 31.9 Å². The quantitative estimate of drug-likeness (QED) is 0.481. The molecule has 1 aliphatic heterocycles. The third kappa shape index (κ3) is 1.94. The Morgan fingerprint density at radius 3 is 3.00 bits per heavy atom. The maximum absolute atomic E-state index is 5.91. The summed E-state index contributed by atoms with van der Waals surface area (Å²) in [6, 6.07) is 6.41. The molecule has 0 fully saturated rings. The van der Waals surface area contributed by atoms with Gasteiger partial charge in [0, 0.05) is 10.8 Å². The normalized spacial score (nSPS) is 19.4. The van der Waals surface area contributed by atoms with Gasteiger partial charge < -0.3 is 10.4 Å². The van der Waals surface area contributed by atoms with Crippen molar-refractivity contribution in [1.82, 2.24) is 0 Å². The van der Waals surface area contributed by atoms with Crippen molar-refractivity contribution >= 4 is 24.1 Å². The summed E-state index contributed by atoms with van der Waals surface area (Å²) in [5.41, 5.74) is 8.29. The van der Waals surface area contributed by atoms with E-state index >= 15 is 0 Å². The SMILES string of the molecule is CC[C@H]1OB(C)c2c(SCN)cccc21. The summed E-state index contributed by atoms with van der Waals surface area (Å²) in [6.07, 6.45) is 1.31. The van der Waals surface area contributed by atoms with Gasteiger partial charge in [-0.1, -0.05) is 25.9 Å². The summed E-state index contributed by atoms with van der Waals surface area (Å²) in [7, 11) is 0. The number of nitrogens with two attached hydrogens (primary N) is 1. The van der Waals surface area contributed by atoms with Crippen molar-refractivity contribution in [3.05, 3.63) is 23.8 Å². The molecule has 0 aromatic heterocycles. The van der Waals surface area contributed by atoms with Crippen LogP contribution < -0.4 is 11.2 Å². The largest absolute Gasteiger partial charge is 0.424 e. The van der Waals surface area contributed by atoms with E-state index in [1.54, 1.807) is 11.8 Å². The van der Waals surface area contributed by atoms with Crippen LogP contribution in [-0.4, -0.2) is 12.8 Å². The van der Waals surface area contributed by atoms with Gasteiger partial charge in [0.05, 0.1) is 6.10 Å². The lowest BCUT2D eigenvalue weighted by molar-refractivity contribution is 0.221. The van der Waals surface area contributed by atoms with Crippen molar-refractivity contribution in [2.24, 2.45) is 5.73 Å². The van der Waals surface area contributed by atoms with Crippen molar-refractivity contribution in [3.8, 4) is 0 Å². The van der Waals surface area contributed by atoms with E-state index < -0.39 is 0 Å². The molecule has 2 nitrogen and oxygen atoms in total. The number of hydrogen-bond acceptors (Lipinski definition) is 3. The first-order valence-corrected chi connectivity index (χ1v) is 6.37. The molecule has 80 valence electrons. The Morgan fingerprint density at radius 1 is 1.53 bits per heavy atom. The number of benzene rings is 1. The Kier molecular flexibility index (Phi) is 3.39. The Bertz CT molecular complexity index is 358. The van der Waals surface area contributed by atoms with Crippen LogP contribution in [0, 0.1) is 0 Å². The molecule has 0 radical (unpaired) electrons. The molecule has 1 aliphatic rings. The molecule has 0 unspecified atom stereocenters. The van der Waals surface area contributed by atoms with Crippen LogP contribution in [0.15, 0.2) is 23.1 Å². The number of fused-ring (bicyclic) bond motifs is 1. The van der Waals surface area contributed by atoms with E-state index in [-0.39, 0.29) is 13.0 Å². The lowest BCUT2D eigenvalue weighted by atomic mass is 9.64. The van der Waals surface area contributed by atoms with Gasteiger partial charge >= 0.3 is 6.92 Å². The van der Waals surface area contributed by atoms with Crippen molar-refractivity contribution < 1.29 is 4.65 Å². The predicted molar refractivity (Wildman–Crippen MR) is 66.7 cm³/mol. The zero-order chi connectivity index (χ0) is 10.8. The van der Waals surface area contributed by atoms with Gasteiger partial charge in [-0.3, -0.25) is 0 Å². The fraction of sp³-hybridized carbons (Fsp3) is 0.455. The van der Waals surface area contributed by atoms with Gasteiger partial charge in [0.25, 0.3) is 0 Å². The fourth-order valence-electron chi connectivity index (χ4n) is 2.20. The van der Waals surface area contributed by atoms with Crippen LogP contribution in [0.4, 0.5) is 0 Å². The Labute approximate surface area is 95.7 Å². The monoisotopic (exact) mass is 221 g/mol. The molecule has 2 rings (SSSR count). The molecule has 0 aliphatic carbocycles. The molecule has 1 heterocycles. The maximum atomic E-state index is 5.91. The van der Waals surface area contributed by atoms with E-state index in [1.807, 2.05) is 0 Å². The van der Waals surface area contributed by atoms with Gasteiger partial charge in [0.2, 0.25) is 0 Å². The van der Waals surface area contributed by atoms with Crippen LogP contribution >= 0.6 is 11.8 Å². The van der Waals surface area contributed by atoms with E-state index in [0.29, 0.717) is 5.88 Å². The summed E-state index contributed by atoms with van der Waals surface area (Å²) >= 11 is 1.69. The van der Waals surface area contributed by atoms with Crippen molar-refractivity contribution in [3.63, 3.8) is 0 Å². The van der Waals surface area contributed by atoms with E-state index in [4.69, 9.17) is 10.4 Å². The summed E-state index contributed by atoms with van der Waals surface area (Å²) in [6.45, 7) is 4.49. The van der Waals surface area contributed by atoms with Crippen LogP contribution in [0.5, 0.6) is 0 Å². The molecular formula is C11H16BNOS. The van der Waals surface area contributed by atoms with Crippen LogP contribution in [-0.2, 0) is 4.65 Å². The molecule has 0 amide bonds. The second-order valence-electron chi connectivity index (χ2n) is 3.75. The molecule has 0 saturated carbocycles.